The fraction of sp³-hybridized carbons (Fsp3) is 0.889. The Morgan fingerprint density at radius 3 is 2.20 bits per heavy atom. The molecule has 0 bridgehead atoms. The first kappa shape index (κ1) is 15.1. The Kier molecular flexibility index (Phi) is 9.42. The predicted molar refractivity (Wildman–Crippen MR) is 64.2 cm³/mol. The number of aldehydes is 1. The Hall–Kier alpha value is 0.117. The van der Waals surface area contributed by atoms with Crippen LogP contribution >= 0.6 is 11.8 Å². The molecule has 0 aliphatic heterocycles. The molecule has 0 aliphatic carbocycles. The van der Waals surface area contributed by atoms with Gasteiger partial charge >= 0.3 is 8.80 Å². The number of carbonyl (C=O) groups is 1. The van der Waals surface area contributed by atoms with Crippen LogP contribution in [0.1, 0.15) is 12.8 Å². The second-order valence-corrected chi connectivity index (χ2v) is 7.28. The minimum absolute atomic E-state index is 0.631. The van der Waals surface area contributed by atoms with E-state index in [0.29, 0.717) is 6.42 Å². The van der Waals surface area contributed by atoms with Gasteiger partial charge in [0.05, 0.1) is 0 Å². The SMILES string of the molecule is CO[Si](CCCSCCC=O)(OC)OC. The fourth-order valence-electron chi connectivity index (χ4n) is 1.18. The molecule has 0 fully saturated rings. The van der Waals surface area contributed by atoms with Gasteiger partial charge < -0.3 is 18.1 Å². The molecule has 0 radical (unpaired) electrons. The number of carbonyl (C=O) groups excluding carboxylic acids is 1. The molecule has 0 saturated heterocycles. The molecule has 6 heteroatoms. The van der Waals surface area contributed by atoms with Crippen LogP contribution in [0.2, 0.25) is 6.04 Å². The summed E-state index contributed by atoms with van der Waals surface area (Å²) >= 11 is 1.77. The third-order valence-corrected chi connectivity index (χ3v) is 6.02. The van der Waals surface area contributed by atoms with E-state index >= 15 is 0 Å². The normalized spacial score (nSPS) is 11.7. The fourth-order valence-corrected chi connectivity index (χ4v) is 3.97. The summed E-state index contributed by atoms with van der Waals surface area (Å²) in [7, 11) is 2.50. The largest absolute Gasteiger partial charge is 0.500 e. The highest BCUT2D eigenvalue weighted by Gasteiger charge is 2.36. The van der Waals surface area contributed by atoms with E-state index in [4.69, 9.17) is 13.3 Å². The second kappa shape index (κ2) is 9.35. The molecule has 0 aromatic heterocycles. The molecule has 0 aromatic rings. The van der Waals surface area contributed by atoms with Gasteiger partial charge in [-0.1, -0.05) is 0 Å². The van der Waals surface area contributed by atoms with Gasteiger partial charge in [-0.05, 0) is 17.9 Å². The van der Waals surface area contributed by atoms with Gasteiger partial charge in [0, 0.05) is 33.8 Å². The summed E-state index contributed by atoms with van der Waals surface area (Å²) < 4.78 is 15.9. The molecule has 0 atom stereocenters. The molecule has 90 valence electrons. The van der Waals surface area contributed by atoms with Crippen LogP contribution in [-0.2, 0) is 18.1 Å². The number of rotatable bonds is 10. The molecule has 15 heavy (non-hydrogen) atoms. The van der Waals surface area contributed by atoms with Crippen molar-refractivity contribution in [3.05, 3.63) is 0 Å². The van der Waals surface area contributed by atoms with Crippen molar-refractivity contribution < 1.29 is 18.1 Å². The first-order valence-electron chi connectivity index (χ1n) is 4.91. The Morgan fingerprint density at radius 2 is 1.73 bits per heavy atom. The van der Waals surface area contributed by atoms with Crippen molar-refractivity contribution in [1.29, 1.82) is 0 Å². The predicted octanol–water partition coefficient (Wildman–Crippen LogP) is 1.58. The van der Waals surface area contributed by atoms with Crippen LogP contribution in [0.5, 0.6) is 0 Å². The molecule has 0 rings (SSSR count). The molecule has 0 unspecified atom stereocenters. The monoisotopic (exact) mass is 252 g/mol. The highest BCUT2D eigenvalue weighted by molar-refractivity contribution is 7.99. The molecule has 0 spiro atoms. The smallest absolute Gasteiger partial charge is 0.377 e. The van der Waals surface area contributed by atoms with E-state index in [1.165, 1.54) is 0 Å². The molecular weight excluding hydrogens is 232 g/mol. The third kappa shape index (κ3) is 6.31. The van der Waals surface area contributed by atoms with E-state index in [1.54, 1.807) is 33.1 Å². The van der Waals surface area contributed by atoms with Gasteiger partial charge in [0.1, 0.15) is 6.29 Å². The van der Waals surface area contributed by atoms with Crippen molar-refractivity contribution >= 4 is 26.9 Å². The van der Waals surface area contributed by atoms with Gasteiger partial charge in [-0.15, -0.1) is 0 Å². The summed E-state index contributed by atoms with van der Waals surface area (Å²) in [4.78, 5) is 10.1. The standard InChI is InChI=1S/C9H20O4SSi/c1-11-15(12-2,13-3)9-5-8-14-7-4-6-10/h6H,4-5,7-9H2,1-3H3. The molecule has 0 N–H and O–H groups in total. The summed E-state index contributed by atoms with van der Waals surface area (Å²) in [6.45, 7) is 0. The van der Waals surface area contributed by atoms with Crippen LogP contribution in [-0.4, -0.2) is 47.9 Å². The van der Waals surface area contributed by atoms with Crippen LogP contribution in [0.25, 0.3) is 0 Å². The topological polar surface area (TPSA) is 44.8 Å². The maximum Gasteiger partial charge on any atom is 0.500 e. The molecule has 0 saturated carbocycles. The Bertz CT molecular complexity index is 156. The Labute approximate surface area is 97.0 Å². The second-order valence-electron chi connectivity index (χ2n) is 2.97. The summed E-state index contributed by atoms with van der Waals surface area (Å²) in [5.74, 6) is 1.91. The van der Waals surface area contributed by atoms with E-state index in [-0.39, 0.29) is 0 Å². The lowest BCUT2D eigenvalue weighted by molar-refractivity contribution is -0.107. The van der Waals surface area contributed by atoms with Gasteiger partial charge in [-0.3, -0.25) is 0 Å². The maximum atomic E-state index is 10.1. The number of hydrogen-bond acceptors (Lipinski definition) is 5. The molecular formula is C9H20O4SSi. The van der Waals surface area contributed by atoms with Gasteiger partial charge in [0.2, 0.25) is 0 Å². The van der Waals surface area contributed by atoms with Gasteiger partial charge in [-0.25, -0.2) is 0 Å². The van der Waals surface area contributed by atoms with Crippen LogP contribution in [0.3, 0.4) is 0 Å². The van der Waals surface area contributed by atoms with Crippen molar-refractivity contribution in [1.82, 2.24) is 0 Å². The zero-order valence-corrected chi connectivity index (χ0v) is 11.5. The summed E-state index contributed by atoms with van der Waals surface area (Å²) in [6.07, 6.45) is 2.57. The number of hydrogen-bond donors (Lipinski definition) is 0. The van der Waals surface area contributed by atoms with E-state index in [1.807, 2.05) is 0 Å². The average Bonchev–Trinajstić information content (AvgIpc) is 2.29. The Morgan fingerprint density at radius 1 is 1.13 bits per heavy atom. The quantitative estimate of drug-likeness (QED) is 0.335. The highest BCUT2D eigenvalue weighted by atomic mass is 32.2. The van der Waals surface area contributed by atoms with Crippen molar-refractivity contribution in [2.75, 3.05) is 32.8 Å². The zero-order valence-electron chi connectivity index (χ0n) is 9.65. The van der Waals surface area contributed by atoms with Gasteiger partial charge in [-0.2, -0.15) is 11.8 Å². The first-order valence-corrected chi connectivity index (χ1v) is 8.00. The van der Waals surface area contributed by atoms with E-state index in [2.05, 4.69) is 0 Å². The zero-order chi connectivity index (χ0) is 11.6. The lowest BCUT2D eigenvalue weighted by atomic mass is 10.6. The van der Waals surface area contributed by atoms with E-state index in [0.717, 1.165) is 30.3 Å². The molecule has 0 aliphatic rings. The van der Waals surface area contributed by atoms with E-state index in [9.17, 15) is 4.79 Å². The minimum Gasteiger partial charge on any atom is -0.377 e. The minimum atomic E-state index is -2.37. The first-order chi connectivity index (χ1) is 7.24. The molecule has 4 nitrogen and oxygen atoms in total. The van der Waals surface area contributed by atoms with Crippen LogP contribution in [0.15, 0.2) is 0 Å². The Balaban J connectivity index is 3.58. The van der Waals surface area contributed by atoms with Crippen LogP contribution < -0.4 is 0 Å². The van der Waals surface area contributed by atoms with Crippen molar-refractivity contribution in [3.63, 3.8) is 0 Å². The van der Waals surface area contributed by atoms with Gasteiger partial charge in [0.15, 0.2) is 0 Å². The van der Waals surface area contributed by atoms with Gasteiger partial charge in [0.25, 0.3) is 0 Å². The molecule has 0 aromatic carbocycles. The molecule has 0 heterocycles. The molecule has 0 amide bonds. The summed E-state index contributed by atoms with van der Waals surface area (Å²) in [5.41, 5.74) is 0. The number of thioether (sulfide) groups is 1. The highest BCUT2D eigenvalue weighted by Crippen LogP contribution is 2.17. The van der Waals surface area contributed by atoms with Crippen LogP contribution in [0, 0.1) is 0 Å². The van der Waals surface area contributed by atoms with E-state index < -0.39 is 8.80 Å². The third-order valence-electron chi connectivity index (χ3n) is 2.08. The van der Waals surface area contributed by atoms with Crippen molar-refractivity contribution in [3.8, 4) is 0 Å². The summed E-state index contributed by atoms with van der Waals surface area (Å²) in [6, 6.07) is 0.824. The lowest BCUT2D eigenvalue weighted by Crippen LogP contribution is -2.42. The summed E-state index contributed by atoms with van der Waals surface area (Å²) in [5, 5.41) is 0. The van der Waals surface area contributed by atoms with Crippen molar-refractivity contribution in [2.45, 2.75) is 18.9 Å². The van der Waals surface area contributed by atoms with Crippen LogP contribution in [0.4, 0.5) is 0 Å². The maximum absolute atomic E-state index is 10.1. The van der Waals surface area contributed by atoms with Crippen molar-refractivity contribution in [2.24, 2.45) is 0 Å². The lowest BCUT2D eigenvalue weighted by Gasteiger charge is -2.24. The average molecular weight is 252 g/mol.